The summed E-state index contributed by atoms with van der Waals surface area (Å²) in [4.78, 5) is 8.76. The number of aryl methyl sites for hydroxylation is 1. The zero-order chi connectivity index (χ0) is 12.3. The summed E-state index contributed by atoms with van der Waals surface area (Å²) in [5.41, 5.74) is 7.98. The van der Waals surface area contributed by atoms with Crippen LogP contribution in [0.25, 0.3) is 0 Å². The Balaban J connectivity index is 2.21. The molecule has 86 valence electrons. The molecule has 0 radical (unpaired) electrons. The molecule has 0 aliphatic heterocycles. The Hall–Kier alpha value is -2.01. The minimum absolute atomic E-state index is 0.288. The lowest BCUT2D eigenvalue weighted by molar-refractivity contribution is 1.19. The number of hydrogen-bond acceptors (Lipinski definition) is 4. The lowest BCUT2D eigenvalue weighted by atomic mass is 10.3. The Labute approximate surface area is 105 Å². The van der Waals surface area contributed by atoms with Gasteiger partial charge in [-0.05, 0) is 31.2 Å². The fraction of sp³-hybridized carbons (Fsp3) is 0.0833. The molecule has 2 aromatic heterocycles. The predicted molar refractivity (Wildman–Crippen MR) is 72.4 cm³/mol. The highest BCUT2D eigenvalue weighted by Crippen LogP contribution is 2.13. The van der Waals surface area contributed by atoms with Crippen LogP contribution in [0.2, 0.25) is 0 Å². The molecule has 0 amide bonds. The predicted octanol–water partition coefficient (Wildman–Crippen LogP) is 2.16. The molecule has 2 rings (SSSR count). The number of pyridine rings is 2. The molecule has 0 fully saturated rings. The number of rotatable bonds is 3. The van der Waals surface area contributed by atoms with Crippen molar-refractivity contribution in [2.24, 2.45) is 5.73 Å². The maximum atomic E-state index is 5.52. The second kappa shape index (κ2) is 4.88. The van der Waals surface area contributed by atoms with Crippen LogP contribution < -0.4 is 11.1 Å². The summed E-state index contributed by atoms with van der Waals surface area (Å²) >= 11 is 4.88. The van der Waals surface area contributed by atoms with E-state index < -0.39 is 0 Å². The van der Waals surface area contributed by atoms with Gasteiger partial charge in [-0.15, -0.1) is 0 Å². The first-order chi connectivity index (χ1) is 8.15. The average Bonchev–Trinajstić information content (AvgIpc) is 2.32. The summed E-state index contributed by atoms with van der Waals surface area (Å²) in [5.74, 6) is 0.695. The van der Waals surface area contributed by atoms with Gasteiger partial charge in [0.25, 0.3) is 0 Å². The molecular weight excluding hydrogens is 232 g/mol. The largest absolute Gasteiger partial charge is 0.388 e. The van der Waals surface area contributed by atoms with Gasteiger partial charge in [-0.1, -0.05) is 18.3 Å². The molecule has 2 heterocycles. The highest BCUT2D eigenvalue weighted by atomic mass is 32.1. The minimum atomic E-state index is 0.288. The number of aromatic nitrogens is 2. The molecule has 0 saturated heterocycles. The average molecular weight is 244 g/mol. The molecule has 0 spiro atoms. The second-order valence-corrected chi connectivity index (χ2v) is 4.03. The van der Waals surface area contributed by atoms with Gasteiger partial charge in [-0.25, -0.2) is 4.98 Å². The zero-order valence-electron chi connectivity index (χ0n) is 9.34. The first-order valence-electron chi connectivity index (χ1n) is 5.12. The van der Waals surface area contributed by atoms with E-state index >= 15 is 0 Å². The standard InChI is InChI=1S/C12H12N4S/c1-8-5-6-9(7-14-8)15-11-4-2-3-10(16-11)12(13)17/h2-7H,1H3,(H2,13,17)(H,15,16). The van der Waals surface area contributed by atoms with E-state index in [0.29, 0.717) is 11.5 Å². The Morgan fingerprint density at radius 1 is 1.29 bits per heavy atom. The lowest BCUT2D eigenvalue weighted by Gasteiger charge is -2.06. The van der Waals surface area contributed by atoms with Gasteiger partial charge in [-0.3, -0.25) is 4.98 Å². The van der Waals surface area contributed by atoms with Crippen LogP contribution in [0.4, 0.5) is 11.5 Å². The highest BCUT2D eigenvalue weighted by Gasteiger charge is 2.00. The summed E-state index contributed by atoms with van der Waals surface area (Å²) in [6.07, 6.45) is 1.75. The van der Waals surface area contributed by atoms with Crippen molar-refractivity contribution in [3.8, 4) is 0 Å². The number of nitrogens with two attached hydrogens (primary N) is 1. The van der Waals surface area contributed by atoms with Crippen molar-refractivity contribution in [1.29, 1.82) is 0 Å². The van der Waals surface area contributed by atoms with E-state index in [0.717, 1.165) is 11.4 Å². The van der Waals surface area contributed by atoms with E-state index in [4.69, 9.17) is 18.0 Å². The molecule has 17 heavy (non-hydrogen) atoms. The zero-order valence-corrected chi connectivity index (χ0v) is 10.2. The molecular formula is C12H12N4S. The van der Waals surface area contributed by atoms with Crippen molar-refractivity contribution in [1.82, 2.24) is 9.97 Å². The summed E-state index contributed by atoms with van der Waals surface area (Å²) in [5, 5.41) is 3.14. The van der Waals surface area contributed by atoms with E-state index in [-0.39, 0.29) is 4.99 Å². The second-order valence-electron chi connectivity index (χ2n) is 3.59. The summed E-state index contributed by atoms with van der Waals surface area (Å²) in [6, 6.07) is 9.35. The van der Waals surface area contributed by atoms with Gasteiger partial charge in [0.2, 0.25) is 0 Å². The number of nitrogens with one attached hydrogen (secondary N) is 1. The molecule has 2 aromatic rings. The molecule has 0 saturated carbocycles. The van der Waals surface area contributed by atoms with Crippen molar-refractivity contribution in [3.63, 3.8) is 0 Å². The summed E-state index contributed by atoms with van der Waals surface area (Å²) in [6.45, 7) is 1.94. The van der Waals surface area contributed by atoms with Gasteiger partial charge in [0.15, 0.2) is 0 Å². The van der Waals surface area contributed by atoms with Gasteiger partial charge >= 0.3 is 0 Å². The van der Waals surface area contributed by atoms with E-state index in [1.165, 1.54) is 0 Å². The monoisotopic (exact) mass is 244 g/mol. The van der Waals surface area contributed by atoms with Gasteiger partial charge in [-0.2, -0.15) is 0 Å². The van der Waals surface area contributed by atoms with Crippen molar-refractivity contribution in [2.45, 2.75) is 6.92 Å². The Morgan fingerprint density at radius 2 is 2.12 bits per heavy atom. The van der Waals surface area contributed by atoms with Gasteiger partial charge < -0.3 is 11.1 Å². The van der Waals surface area contributed by atoms with Crippen LogP contribution in [0.15, 0.2) is 36.5 Å². The molecule has 5 heteroatoms. The van der Waals surface area contributed by atoms with Gasteiger partial charge in [0.05, 0.1) is 17.6 Å². The maximum absolute atomic E-state index is 5.52. The van der Waals surface area contributed by atoms with Crippen molar-refractivity contribution < 1.29 is 0 Å². The fourth-order valence-corrected chi connectivity index (χ4v) is 1.44. The first-order valence-corrected chi connectivity index (χ1v) is 5.52. The Morgan fingerprint density at radius 3 is 2.76 bits per heavy atom. The SMILES string of the molecule is Cc1ccc(Nc2cccc(C(N)=S)n2)cn1. The normalized spacial score (nSPS) is 9.94. The molecule has 3 N–H and O–H groups in total. The van der Waals surface area contributed by atoms with Crippen LogP contribution in [0.5, 0.6) is 0 Å². The number of anilines is 2. The van der Waals surface area contributed by atoms with Gasteiger partial charge in [0.1, 0.15) is 10.8 Å². The Kier molecular flexibility index (Phi) is 3.30. The number of thiocarbonyl (C=S) groups is 1. The summed E-state index contributed by atoms with van der Waals surface area (Å²) in [7, 11) is 0. The van der Waals surface area contributed by atoms with Crippen LogP contribution in [0.1, 0.15) is 11.4 Å². The fourth-order valence-electron chi connectivity index (χ4n) is 1.33. The van der Waals surface area contributed by atoms with Crippen LogP contribution >= 0.6 is 12.2 Å². The molecule has 0 unspecified atom stereocenters. The third-order valence-electron chi connectivity index (χ3n) is 2.19. The first kappa shape index (κ1) is 11.5. The molecule has 0 atom stereocenters. The molecule has 0 aromatic carbocycles. The Bertz CT molecular complexity index is 536. The van der Waals surface area contributed by atoms with E-state index in [1.54, 1.807) is 12.3 Å². The lowest BCUT2D eigenvalue weighted by Crippen LogP contribution is -2.12. The van der Waals surface area contributed by atoms with Crippen LogP contribution in [0.3, 0.4) is 0 Å². The van der Waals surface area contributed by atoms with Crippen LogP contribution in [-0.4, -0.2) is 15.0 Å². The van der Waals surface area contributed by atoms with Crippen LogP contribution in [0, 0.1) is 6.92 Å². The van der Waals surface area contributed by atoms with Crippen molar-refractivity contribution in [3.05, 3.63) is 47.9 Å². The van der Waals surface area contributed by atoms with Crippen LogP contribution in [-0.2, 0) is 0 Å². The van der Waals surface area contributed by atoms with E-state index in [9.17, 15) is 0 Å². The topological polar surface area (TPSA) is 63.8 Å². The third kappa shape index (κ3) is 2.98. The molecule has 0 aliphatic rings. The smallest absolute Gasteiger partial charge is 0.131 e. The highest BCUT2D eigenvalue weighted by molar-refractivity contribution is 7.80. The maximum Gasteiger partial charge on any atom is 0.131 e. The number of hydrogen-bond donors (Lipinski definition) is 2. The molecule has 4 nitrogen and oxygen atoms in total. The van der Waals surface area contributed by atoms with E-state index in [2.05, 4.69) is 15.3 Å². The third-order valence-corrected chi connectivity index (χ3v) is 2.39. The molecule has 0 bridgehead atoms. The van der Waals surface area contributed by atoms with Gasteiger partial charge in [0, 0.05) is 5.69 Å². The van der Waals surface area contributed by atoms with Crippen molar-refractivity contribution in [2.75, 3.05) is 5.32 Å². The van der Waals surface area contributed by atoms with E-state index in [1.807, 2.05) is 31.2 Å². The molecule has 0 aliphatic carbocycles. The minimum Gasteiger partial charge on any atom is -0.388 e. The quantitative estimate of drug-likeness (QED) is 0.810. The van der Waals surface area contributed by atoms with Crippen molar-refractivity contribution >= 4 is 28.7 Å². The number of nitrogens with zero attached hydrogens (tertiary/aromatic N) is 2. The summed E-state index contributed by atoms with van der Waals surface area (Å²) < 4.78 is 0.